The smallest absolute Gasteiger partial charge is 0.251 e. The van der Waals surface area contributed by atoms with Crippen LogP contribution in [-0.2, 0) is 16.4 Å². The van der Waals surface area contributed by atoms with Crippen molar-refractivity contribution in [2.24, 2.45) is 0 Å². The highest BCUT2D eigenvalue weighted by Gasteiger charge is 2.32. The average Bonchev–Trinajstić information content (AvgIpc) is 2.85. The van der Waals surface area contributed by atoms with Crippen LogP contribution in [-0.4, -0.2) is 56.7 Å². The van der Waals surface area contributed by atoms with Gasteiger partial charge in [-0.25, -0.2) is 8.42 Å². The molecule has 0 radical (unpaired) electrons. The third kappa shape index (κ3) is 4.57. The number of hydrogen-bond donors (Lipinski definition) is 1. The van der Waals surface area contributed by atoms with Crippen molar-refractivity contribution < 1.29 is 13.2 Å². The van der Waals surface area contributed by atoms with Crippen LogP contribution in [0, 0.1) is 0 Å². The van der Waals surface area contributed by atoms with Gasteiger partial charge in [-0.2, -0.15) is 0 Å². The van der Waals surface area contributed by atoms with Crippen LogP contribution in [0.4, 0.5) is 5.69 Å². The summed E-state index contributed by atoms with van der Waals surface area (Å²) in [6.07, 6.45) is 1.84. The first-order valence-corrected chi connectivity index (χ1v) is 11.0. The number of sulfonamides is 1. The molecule has 0 fully saturated rings. The Morgan fingerprint density at radius 2 is 1.88 bits per heavy atom. The lowest BCUT2D eigenvalue weighted by Gasteiger charge is -2.30. The molecule has 1 atom stereocenters. The van der Waals surface area contributed by atoms with Crippen LogP contribution in [0.5, 0.6) is 0 Å². The zero-order valence-corrected chi connectivity index (χ0v) is 17.4. The van der Waals surface area contributed by atoms with Crippen molar-refractivity contribution in [3.8, 4) is 0 Å². The molecular formula is C19H31N3O3S. The third-order valence-corrected chi connectivity index (χ3v) is 6.11. The van der Waals surface area contributed by atoms with Crippen molar-refractivity contribution in [3.63, 3.8) is 0 Å². The van der Waals surface area contributed by atoms with Crippen molar-refractivity contribution in [2.75, 3.05) is 23.7 Å². The highest BCUT2D eigenvalue weighted by Crippen LogP contribution is 2.34. The Hall–Kier alpha value is -1.60. The van der Waals surface area contributed by atoms with Crippen LogP contribution in [0.1, 0.15) is 50.5 Å². The predicted molar refractivity (Wildman–Crippen MR) is 106 cm³/mol. The minimum Gasteiger partial charge on any atom is -0.351 e. The fraction of sp³-hybridized carbons (Fsp3) is 0.632. The van der Waals surface area contributed by atoms with Crippen LogP contribution in [0.2, 0.25) is 0 Å². The number of rotatable bonds is 7. The van der Waals surface area contributed by atoms with Crippen LogP contribution in [0.25, 0.3) is 0 Å². The first kappa shape index (κ1) is 20.7. The van der Waals surface area contributed by atoms with Gasteiger partial charge in [0, 0.05) is 36.8 Å². The number of carbonyl (C=O) groups excluding carboxylic acids is 1. The van der Waals surface area contributed by atoms with Gasteiger partial charge >= 0.3 is 0 Å². The molecule has 1 aromatic carbocycles. The highest BCUT2D eigenvalue weighted by molar-refractivity contribution is 7.92. The van der Waals surface area contributed by atoms with Gasteiger partial charge in [-0.3, -0.25) is 14.0 Å². The van der Waals surface area contributed by atoms with Crippen LogP contribution in [0.3, 0.4) is 0 Å². The van der Waals surface area contributed by atoms with Crippen molar-refractivity contribution in [3.05, 3.63) is 29.3 Å². The second-order valence-corrected chi connectivity index (χ2v) is 9.50. The number of nitrogens with one attached hydrogen (secondary N) is 1. The van der Waals surface area contributed by atoms with Gasteiger partial charge in [0.2, 0.25) is 10.0 Å². The maximum absolute atomic E-state index is 12.5. The van der Waals surface area contributed by atoms with Gasteiger partial charge in [0.1, 0.15) is 0 Å². The monoisotopic (exact) mass is 381 g/mol. The van der Waals surface area contributed by atoms with Crippen LogP contribution < -0.4 is 9.62 Å². The summed E-state index contributed by atoms with van der Waals surface area (Å²) in [6, 6.07) is 5.99. The fourth-order valence-electron chi connectivity index (χ4n) is 3.76. The number of nitrogens with zero attached hydrogens (tertiary/aromatic N) is 2. The van der Waals surface area contributed by atoms with Crippen LogP contribution >= 0.6 is 0 Å². The topological polar surface area (TPSA) is 69.7 Å². The first-order valence-electron chi connectivity index (χ1n) is 9.18. The molecule has 2 rings (SSSR count). The van der Waals surface area contributed by atoms with E-state index in [0.717, 1.165) is 12.1 Å². The zero-order chi connectivity index (χ0) is 19.6. The number of amides is 1. The van der Waals surface area contributed by atoms with E-state index in [9.17, 15) is 13.2 Å². The molecule has 146 valence electrons. The van der Waals surface area contributed by atoms with E-state index in [2.05, 4.69) is 37.9 Å². The van der Waals surface area contributed by atoms with E-state index in [1.54, 1.807) is 12.1 Å². The number of anilines is 1. The molecule has 1 aliphatic rings. The van der Waals surface area contributed by atoms with Gasteiger partial charge in [-0.1, -0.05) is 0 Å². The van der Waals surface area contributed by atoms with Crippen molar-refractivity contribution in [1.82, 2.24) is 10.2 Å². The second kappa shape index (κ2) is 7.96. The lowest BCUT2D eigenvalue weighted by atomic mass is 10.1. The van der Waals surface area contributed by atoms with Gasteiger partial charge in [0.25, 0.3) is 5.91 Å². The van der Waals surface area contributed by atoms with E-state index in [1.807, 2.05) is 13.0 Å². The maximum Gasteiger partial charge on any atom is 0.251 e. The van der Waals surface area contributed by atoms with Crippen LogP contribution in [0.15, 0.2) is 18.2 Å². The van der Waals surface area contributed by atoms with Crippen molar-refractivity contribution >= 4 is 21.6 Å². The number of fused-ring (bicyclic) bond motifs is 1. The normalized spacial score (nSPS) is 17.3. The quantitative estimate of drug-likeness (QED) is 0.786. The van der Waals surface area contributed by atoms with E-state index in [0.29, 0.717) is 36.3 Å². The Morgan fingerprint density at radius 3 is 2.42 bits per heavy atom. The number of hydrogen-bond acceptors (Lipinski definition) is 4. The summed E-state index contributed by atoms with van der Waals surface area (Å²) in [5, 5.41) is 2.97. The Balaban J connectivity index is 2.05. The molecule has 0 aromatic heterocycles. The molecule has 0 bridgehead atoms. The summed E-state index contributed by atoms with van der Waals surface area (Å²) in [4.78, 5) is 14.8. The minimum absolute atomic E-state index is 0.120. The SMILES string of the molecule is CC(C)N(CCNC(=O)c1ccc2c(c1)C[C@H](C)N2S(C)(=O)=O)C(C)C. The average molecular weight is 382 g/mol. The molecule has 1 heterocycles. The predicted octanol–water partition coefficient (Wildman–Crippen LogP) is 2.25. The molecule has 26 heavy (non-hydrogen) atoms. The summed E-state index contributed by atoms with van der Waals surface area (Å²) >= 11 is 0. The summed E-state index contributed by atoms with van der Waals surface area (Å²) in [6.45, 7) is 11.9. The van der Waals surface area contributed by atoms with Crippen molar-refractivity contribution in [2.45, 2.75) is 59.2 Å². The minimum atomic E-state index is -3.31. The molecule has 1 aliphatic heterocycles. The lowest BCUT2D eigenvalue weighted by molar-refractivity contribution is 0.0939. The Kier molecular flexibility index (Phi) is 6.34. The molecule has 0 saturated heterocycles. The van der Waals surface area contributed by atoms with E-state index in [4.69, 9.17) is 0 Å². The lowest BCUT2D eigenvalue weighted by Crippen LogP contribution is -2.42. The number of carbonyl (C=O) groups is 1. The summed E-state index contributed by atoms with van der Waals surface area (Å²) in [7, 11) is -3.31. The summed E-state index contributed by atoms with van der Waals surface area (Å²) in [5.41, 5.74) is 2.16. The summed E-state index contributed by atoms with van der Waals surface area (Å²) in [5.74, 6) is -0.120. The molecule has 0 saturated carbocycles. The molecular weight excluding hydrogens is 350 g/mol. The number of benzene rings is 1. The van der Waals surface area contributed by atoms with E-state index in [1.165, 1.54) is 10.6 Å². The van der Waals surface area contributed by atoms with E-state index in [-0.39, 0.29) is 11.9 Å². The Bertz CT molecular complexity index is 751. The Labute approximate surface area is 157 Å². The highest BCUT2D eigenvalue weighted by atomic mass is 32.2. The Morgan fingerprint density at radius 1 is 1.27 bits per heavy atom. The van der Waals surface area contributed by atoms with E-state index < -0.39 is 10.0 Å². The van der Waals surface area contributed by atoms with Gasteiger partial charge in [0.05, 0.1) is 11.9 Å². The molecule has 1 aromatic rings. The third-order valence-electron chi connectivity index (χ3n) is 4.83. The first-order chi connectivity index (χ1) is 12.0. The summed E-state index contributed by atoms with van der Waals surface area (Å²) < 4.78 is 25.4. The standard InChI is InChI=1S/C19H31N3O3S/c1-13(2)21(14(3)4)10-9-20-19(23)16-7-8-18-17(12-16)11-15(5)22(18)26(6,24)25/h7-8,12-15H,9-11H2,1-6H3,(H,20,23)/t15-/m0/s1. The van der Waals surface area contributed by atoms with Crippen molar-refractivity contribution in [1.29, 1.82) is 0 Å². The molecule has 1 N–H and O–H groups in total. The zero-order valence-electron chi connectivity index (χ0n) is 16.6. The van der Waals surface area contributed by atoms with Gasteiger partial charge in [0.15, 0.2) is 0 Å². The largest absolute Gasteiger partial charge is 0.351 e. The molecule has 1 amide bonds. The molecule has 0 unspecified atom stereocenters. The van der Waals surface area contributed by atoms with Gasteiger partial charge in [-0.15, -0.1) is 0 Å². The molecule has 0 spiro atoms. The maximum atomic E-state index is 12.5. The van der Waals surface area contributed by atoms with Gasteiger partial charge in [-0.05, 0) is 64.8 Å². The van der Waals surface area contributed by atoms with E-state index >= 15 is 0 Å². The van der Waals surface area contributed by atoms with Gasteiger partial charge < -0.3 is 5.32 Å². The molecule has 7 heteroatoms. The fourth-order valence-corrected chi connectivity index (χ4v) is 5.03. The second-order valence-electron chi connectivity index (χ2n) is 7.64. The molecule has 6 nitrogen and oxygen atoms in total. The molecule has 0 aliphatic carbocycles.